The van der Waals surface area contributed by atoms with Gasteiger partial charge in [-0.2, -0.15) is 9.40 Å². The van der Waals surface area contributed by atoms with Gasteiger partial charge in [0.15, 0.2) is 0 Å². The van der Waals surface area contributed by atoms with Crippen LogP contribution in [-0.4, -0.2) is 51.7 Å². The lowest BCUT2D eigenvalue weighted by Gasteiger charge is -2.31. The molecule has 0 aliphatic carbocycles. The Morgan fingerprint density at radius 1 is 1.10 bits per heavy atom. The van der Waals surface area contributed by atoms with Crippen LogP contribution in [0, 0.1) is 6.92 Å². The van der Waals surface area contributed by atoms with Crippen molar-refractivity contribution in [2.24, 2.45) is 7.05 Å². The summed E-state index contributed by atoms with van der Waals surface area (Å²) in [6.07, 6.45) is 8.01. The molecule has 0 amide bonds. The number of rotatable bonds is 5. The lowest BCUT2D eigenvalue weighted by atomic mass is 10.1. The van der Waals surface area contributed by atoms with E-state index in [0.29, 0.717) is 36.5 Å². The van der Waals surface area contributed by atoms with E-state index in [1.807, 2.05) is 13.2 Å². The zero-order chi connectivity index (χ0) is 21.3. The maximum atomic E-state index is 13.0. The highest BCUT2D eigenvalue weighted by molar-refractivity contribution is 7.89. The second-order valence-electron chi connectivity index (χ2n) is 7.24. The molecule has 3 heterocycles. The Bertz CT molecular complexity index is 1140. The Morgan fingerprint density at radius 2 is 1.80 bits per heavy atom. The maximum absolute atomic E-state index is 13.0. The minimum atomic E-state index is -3.59. The molecule has 158 valence electrons. The minimum Gasteiger partial charge on any atom is -0.460 e. The molecule has 1 fully saturated rings. The molecule has 0 spiro atoms. The average Bonchev–Trinajstić information content (AvgIpc) is 3.17. The highest BCUT2D eigenvalue weighted by Gasteiger charge is 2.31. The van der Waals surface area contributed by atoms with Crippen molar-refractivity contribution in [3.05, 3.63) is 53.6 Å². The molecular formula is C20H22ClN5O3S. The first-order valence-electron chi connectivity index (χ1n) is 9.57. The van der Waals surface area contributed by atoms with Gasteiger partial charge in [-0.3, -0.25) is 4.68 Å². The van der Waals surface area contributed by atoms with E-state index in [4.69, 9.17) is 16.3 Å². The van der Waals surface area contributed by atoms with Crippen molar-refractivity contribution in [1.82, 2.24) is 24.1 Å². The van der Waals surface area contributed by atoms with E-state index in [0.717, 1.165) is 11.1 Å². The van der Waals surface area contributed by atoms with E-state index in [1.165, 1.54) is 4.31 Å². The first-order chi connectivity index (χ1) is 14.3. The van der Waals surface area contributed by atoms with Gasteiger partial charge in [0.1, 0.15) is 6.10 Å². The van der Waals surface area contributed by atoms with E-state index in [2.05, 4.69) is 15.1 Å². The lowest BCUT2D eigenvalue weighted by Crippen LogP contribution is -2.42. The summed E-state index contributed by atoms with van der Waals surface area (Å²) >= 11 is 6.10. The highest BCUT2D eigenvalue weighted by atomic mass is 35.5. The van der Waals surface area contributed by atoms with Gasteiger partial charge in [0, 0.05) is 54.9 Å². The van der Waals surface area contributed by atoms with Crippen LogP contribution in [0.3, 0.4) is 0 Å². The van der Waals surface area contributed by atoms with Gasteiger partial charge in [0.25, 0.3) is 0 Å². The Hall–Kier alpha value is -2.49. The third kappa shape index (κ3) is 4.19. The van der Waals surface area contributed by atoms with Crippen molar-refractivity contribution < 1.29 is 13.2 Å². The molecule has 0 radical (unpaired) electrons. The largest absolute Gasteiger partial charge is 0.460 e. The number of halogens is 1. The van der Waals surface area contributed by atoms with E-state index in [1.54, 1.807) is 48.4 Å². The fourth-order valence-electron chi connectivity index (χ4n) is 3.44. The summed E-state index contributed by atoms with van der Waals surface area (Å²) in [6.45, 7) is 2.46. The topological polar surface area (TPSA) is 90.2 Å². The van der Waals surface area contributed by atoms with E-state index < -0.39 is 10.0 Å². The van der Waals surface area contributed by atoms with Crippen molar-refractivity contribution in [2.45, 2.75) is 30.8 Å². The molecule has 8 nitrogen and oxygen atoms in total. The normalized spacial score (nSPS) is 16.0. The van der Waals surface area contributed by atoms with Crippen LogP contribution in [-0.2, 0) is 17.1 Å². The number of hydrogen-bond donors (Lipinski definition) is 0. The lowest BCUT2D eigenvalue weighted by molar-refractivity contribution is 0.124. The molecule has 10 heteroatoms. The van der Waals surface area contributed by atoms with Gasteiger partial charge in [-0.1, -0.05) is 17.7 Å². The number of aromatic nitrogens is 4. The first kappa shape index (κ1) is 20.8. The Morgan fingerprint density at radius 3 is 2.43 bits per heavy atom. The van der Waals surface area contributed by atoms with Crippen LogP contribution in [0.1, 0.15) is 18.4 Å². The van der Waals surface area contributed by atoms with Gasteiger partial charge in [-0.15, -0.1) is 0 Å². The monoisotopic (exact) mass is 447 g/mol. The smallest absolute Gasteiger partial charge is 0.316 e. The quantitative estimate of drug-likeness (QED) is 0.597. The van der Waals surface area contributed by atoms with Gasteiger partial charge in [-0.25, -0.2) is 18.4 Å². The number of nitrogens with zero attached hydrogens (tertiary/aromatic N) is 5. The third-order valence-electron chi connectivity index (χ3n) is 5.18. The molecule has 0 unspecified atom stereocenters. The van der Waals surface area contributed by atoms with Crippen LogP contribution >= 0.6 is 11.6 Å². The summed E-state index contributed by atoms with van der Waals surface area (Å²) in [4.78, 5) is 8.81. The maximum Gasteiger partial charge on any atom is 0.316 e. The Kier molecular flexibility index (Phi) is 5.77. The van der Waals surface area contributed by atoms with E-state index in [-0.39, 0.29) is 17.0 Å². The molecule has 1 saturated heterocycles. The number of sulfonamides is 1. The molecular weight excluding hydrogens is 426 g/mol. The van der Waals surface area contributed by atoms with Gasteiger partial charge < -0.3 is 4.74 Å². The molecule has 0 saturated carbocycles. The summed E-state index contributed by atoms with van der Waals surface area (Å²) in [6, 6.07) is 5.23. The molecule has 0 bridgehead atoms. The molecule has 2 aromatic heterocycles. The number of piperidine rings is 1. The predicted molar refractivity (Wildman–Crippen MR) is 113 cm³/mol. The Balaban J connectivity index is 1.38. The Labute approximate surface area is 180 Å². The zero-order valence-electron chi connectivity index (χ0n) is 16.7. The molecule has 3 aromatic rings. The molecule has 1 aliphatic rings. The average molecular weight is 448 g/mol. The summed E-state index contributed by atoms with van der Waals surface area (Å²) in [5.74, 6) is 0. The van der Waals surface area contributed by atoms with Crippen LogP contribution in [0.25, 0.3) is 11.1 Å². The van der Waals surface area contributed by atoms with Crippen molar-refractivity contribution >= 4 is 21.6 Å². The SMILES string of the molecule is Cc1c(Cl)cccc1S(=O)(=O)N1CCC(Oc2ncc(-c3cnn(C)c3)cn2)CC1. The molecule has 1 aliphatic heterocycles. The molecule has 0 atom stereocenters. The van der Waals surface area contributed by atoms with E-state index >= 15 is 0 Å². The third-order valence-corrected chi connectivity index (χ3v) is 7.63. The van der Waals surface area contributed by atoms with Gasteiger partial charge in [0.05, 0.1) is 11.1 Å². The van der Waals surface area contributed by atoms with E-state index in [9.17, 15) is 8.42 Å². The fraction of sp³-hybridized carbons (Fsp3) is 0.350. The van der Waals surface area contributed by atoms with Crippen LogP contribution in [0.4, 0.5) is 0 Å². The van der Waals surface area contributed by atoms with Crippen LogP contribution in [0.5, 0.6) is 6.01 Å². The molecule has 30 heavy (non-hydrogen) atoms. The number of aryl methyl sites for hydroxylation is 1. The standard InChI is InChI=1S/C20H22ClN5O3S/c1-14-18(21)4-3-5-19(14)30(27,28)26-8-6-17(7-9-26)29-20-22-10-15(11-23-20)16-12-24-25(2)13-16/h3-5,10-13,17H,6-9H2,1-2H3. The van der Waals surface area contributed by atoms with Crippen molar-refractivity contribution in [1.29, 1.82) is 0 Å². The number of hydrogen-bond acceptors (Lipinski definition) is 6. The molecule has 4 rings (SSSR count). The van der Waals surface area contributed by atoms with Gasteiger partial charge >= 0.3 is 6.01 Å². The van der Waals surface area contributed by atoms with Crippen molar-refractivity contribution in [3.63, 3.8) is 0 Å². The fourth-order valence-corrected chi connectivity index (χ4v) is 5.39. The van der Waals surface area contributed by atoms with Gasteiger partial charge in [0.2, 0.25) is 10.0 Å². The molecule has 0 N–H and O–H groups in total. The highest BCUT2D eigenvalue weighted by Crippen LogP contribution is 2.28. The zero-order valence-corrected chi connectivity index (χ0v) is 18.3. The van der Waals surface area contributed by atoms with Crippen LogP contribution in [0.2, 0.25) is 5.02 Å². The second kappa shape index (κ2) is 8.33. The van der Waals surface area contributed by atoms with Crippen LogP contribution in [0.15, 0.2) is 47.9 Å². The number of benzene rings is 1. The minimum absolute atomic E-state index is 0.138. The summed E-state index contributed by atoms with van der Waals surface area (Å²) < 4.78 is 35.1. The summed E-state index contributed by atoms with van der Waals surface area (Å²) in [5, 5.41) is 4.58. The second-order valence-corrected chi connectivity index (χ2v) is 9.55. The van der Waals surface area contributed by atoms with Crippen molar-refractivity contribution in [3.8, 4) is 17.1 Å². The molecule has 1 aromatic carbocycles. The number of ether oxygens (including phenoxy) is 1. The van der Waals surface area contributed by atoms with Crippen LogP contribution < -0.4 is 4.74 Å². The predicted octanol–water partition coefficient (Wildman–Crippen LogP) is 3.07. The first-order valence-corrected chi connectivity index (χ1v) is 11.4. The summed E-state index contributed by atoms with van der Waals surface area (Å²) in [5.41, 5.74) is 2.35. The van der Waals surface area contributed by atoms with Gasteiger partial charge in [-0.05, 0) is 37.5 Å². The van der Waals surface area contributed by atoms with Crippen molar-refractivity contribution in [2.75, 3.05) is 13.1 Å². The summed E-state index contributed by atoms with van der Waals surface area (Å²) in [7, 11) is -1.74.